The van der Waals surface area contributed by atoms with Gasteiger partial charge < -0.3 is 9.64 Å². The quantitative estimate of drug-likeness (QED) is 0.542. The van der Waals surface area contributed by atoms with Crippen molar-refractivity contribution in [2.75, 3.05) is 24.6 Å². The molecule has 2 aromatic rings. The fourth-order valence-electron chi connectivity index (χ4n) is 3.29. The van der Waals surface area contributed by atoms with E-state index in [9.17, 15) is 19.2 Å². The number of anilines is 1. The molecule has 0 spiro atoms. The van der Waals surface area contributed by atoms with E-state index in [4.69, 9.17) is 4.74 Å². The first-order valence-electron chi connectivity index (χ1n) is 9.28. The second-order valence-corrected chi connectivity index (χ2v) is 6.49. The molecular weight excluding hydrogens is 360 g/mol. The lowest BCUT2D eigenvalue weighted by Crippen LogP contribution is -2.35. The third-order valence-corrected chi connectivity index (χ3v) is 4.73. The van der Waals surface area contributed by atoms with E-state index in [2.05, 4.69) is 0 Å². The number of likely N-dealkylation sites (tertiary alicyclic amines) is 1. The molecule has 0 atom stereocenters. The zero-order valence-corrected chi connectivity index (χ0v) is 15.7. The van der Waals surface area contributed by atoms with Gasteiger partial charge in [-0.1, -0.05) is 36.4 Å². The van der Waals surface area contributed by atoms with Crippen molar-refractivity contribution in [1.29, 1.82) is 0 Å². The molecule has 3 rings (SSSR count). The molecule has 2 aromatic carbocycles. The molecule has 0 unspecified atom stereocenters. The van der Waals surface area contributed by atoms with Gasteiger partial charge in [-0.05, 0) is 18.4 Å². The summed E-state index contributed by atoms with van der Waals surface area (Å²) in [4.78, 5) is 50.3. The Balaban J connectivity index is 1.59. The van der Waals surface area contributed by atoms with Gasteiger partial charge in [0.25, 0.3) is 5.91 Å². The molecule has 1 saturated heterocycles. The van der Waals surface area contributed by atoms with Crippen LogP contribution in [0, 0.1) is 0 Å². The first kappa shape index (κ1) is 19.5. The Labute approximate surface area is 162 Å². The number of benzene rings is 2. The topological polar surface area (TPSA) is 84.0 Å². The number of nitrogens with zero attached hydrogens (tertiary/aromatic N) is 2. The highest BCUT2D eigenvalue weighted by Crippen LogP contribution is 2.26. The highest BCUT2D eigenvalue weighted by Gasteiger charge is 2.29. The summed E-state index contributed by atoms with van der Waals surface area (Å²) in [6.45, 7) is 1.89. The molecule has 0 bridgehead atoms. The Hall–Kier alpha value is -3.22. The van der Waals surface area contributed by atoms with E-state index < -0.39 is 12.6 Å². The number of fused-ring (bicyclic) bond motifs is 1. The van der Waals surface area contributed by atoms with Gasteiger partial charge in [0.2, 0.25) is 11.8 Å². The van der Waals surface area contributed by atoms with Crippen LogP contribution in [0.5, 0.6) is 0 Å². The SMILES string of the molecule is CCN(C(=O)COC(=O)CCN1C(=O)CCC1=O)c1cccc2ccccc12. The van der Waals surface area contributed by atoms with Crippen LogP contribution in [0.25, 0.3) is 10.8 Å². The van der Waals surface area contributed by atoms with Crippen molar-refractivity contribution >= 4 is 40.2 Å². The maximum absolute atomic E-state index is 12.6. The van der Waals surface area contributed by atoms with Crippen molar-refractivity contribution in [3.8, 4) is 0 Å². The minimum Gasteiger partial charge on any atom is -0.455 e. The van der Waals surface area contributed by atoms with Crippen molar-refractivity contribution in [3.05, 3.63) is 42.5 Å². The van der Waals surface area contributed by atoms with Crippen LogP contribution in [0.15, 0.2) is 42.5 Å². The van der Waals surface area contributed by atoms with Crippen LogP contribution in [0.3, 0.4) is 0 Å². The molecule has 3 amide bonds. The second kappa shape index (κ2) is 8.65. The van der Waals surface area contributed by atoms with E-state index in [0.717, 1.165) is 21.4 Å². The van der Waals surface area contributed by atoms with Crippen LogP contribution in [-0.2, 0) is 23.9 Å². The van der Waals surface area contributed by atoms with Gasteiger partial charge in [-0.3, -0.25) is 24.1 Å². The molecule has 0 saturated carbocycles. The average molecular weight is 382 g/mol. The molecule has 0 radical (unpaired) electrons. The Morgan fingerprint density at radius 2 is 1.71 bits per heavy atom. The fraction of sp³-hybridized carbons (Fsp3) is 0.333. The van der Waals surface area contributed by atoms with Crippen molar-refractivity contribution in [2.45, 2.75) is 26.2 Å². The van der Waals surface area contributed by atoms with Gasteiger partial charge in [0.15, 0.2) is 6.61 Å². The zero-order chi connectivity index (χ0) is 20.1. The van der Waals surface area contributed by atoms with Crippen LogP contribution in [0.4, 0.5) is 5.69 Å². The number of likely N-dealkylation sites (N-methyl/N-ethyl adjacent to an activating group) is 1. The van der Waals surface area contributed by atoms with E-state index in [1.165, 1.54) is 0 Å². The number of imide groups is 1. The van der Waals surface area contributed by atoms with Gasteiger partial charge in [-0.15, -0.1) is 0 Å². The maximum atomic E-state index is 12.6. The Kier molecular flexibility index (Phi) is 6.03. The van der Waals surface area contributed by atoms with Crippen molar-refractivity contribution in [3.63, 3.8) is 0 Å². The zero-order valence-electron chi connectivity index (χ0n) is 15.7. The molecule has 1 fully saturated rings. The number of amides is 3. The average Bonchev–Trinajstić information content (AvgIpc) is 3.03. The molecule has 0 N–H and O–H groups in total. The Bertz CT molecular complexity index is 903. The minimum absolute atomic E-state index is 0.00843. The molecule has 0 aliphatic carbocycles. The molecule has 7 nitrogen and oxygen atoms in total. The third-order valence-electron chi connectivity index (χ3n) is 4.73. The second-order valence-electron chi connectivity index (χ2n) is 6.49. The van der Waals surface area contributed by atoms with E-state index in [-0.39, 0.29) is 43.5 Å². The van der Waals surface area contributed by atoms with Gasteiger partial charge in [0.05, 0.1) is 12.1 Å². The summed E-state index contributed by atoms with van der Waals surface area (Å²) in [7, 11) is 0. The van der Waals surface area contributed by atoms with Crippen LogP contribution < -0.4 is 4.90 Å². The number of esters is 1. The predicted octanol–water partition coefficient (Wildman–Crippen LogP) is 2.27. The van der Waals surface area contributed by atoms with Gasteiger partial charge in [0.1, 0.15) is 0 Å². The van der Waals surface area contributed by atoms with E-state index in [1.807, 2.05) is 49.4 Å². The number of rotatable bonds is 7. The van der Waals surface area contributed by atoms with Gasteiger partial charge in [-0.2, -0.15) is 0 Å². The number of hydrogen-bond acceptors (Lipinski definition) is 5. The lowest BCUT2D eigenvalue weighted by Gasteiger charge is -2.22. The molecule has 0 aromatic heterocycles. The van der Waals surface area contributed by atoms with Gasteiger partial charge >= 0.3 is 5.97 Å². The number of carbonyl (C=O) groups excluding carboxylic acids is 4. The third kappa shape index (κ3) is 4.19. The normalized spacial score (nSPS) is 13.8. The van der Waals surface area contributed by atoms with Gasteiger partial charge in [0, 0.05) is 31.3 Å². The van der Waals surface area contributed by atoms with E-state index in [1.54, 1.807) is 4.90 Å². The summed E-state index contributed by atoms with van der Waals surface area (Å²) in [5, 5.41) is 1.96. The number of ether oxygens (including phenoxy) is 1. The summed E-state index contributed by atoms with van der Waals surface area (Å²) in [5.41, 5.74) is 0.759. The van der Waals surface area contributed by atoms with Crippen LogP contribution in [-0.4, -0.2) is 48.3 Å². The lowest BCUT2D eigenvalue weighted by atomic mass is 10.1. The summed E-state index contributed by atoms with van der Waals surface area (Å²) in [6.07, 6.45) is 0.247. The first-order chi connectivity index (χ1) is 13.5. The van der Waals surface area contributed by atoms with Gasteiger partial charge in [-0.25, -0.2) is 0 Å². The van der Waals surface area contributed by atoms with Crippen LogP contribution in [0.2, 0.25) is 0 Å². The summed E-state index contributed by atoms with van der Waals surface area (Å²) >= 11 is 0. The molecule has 1 heterocycles. The van der Waals surface area contributed by atoms with Crippen molar-refractivity contribution in [2.24, 2.45) is 0 Å². The molecule has 7 heteroatoms. The molecular formula is C21H22N2O5. The lowest BCUT2D eigenvalue weighted by molar-refractivity contribution is -0.149. The first-order valence-corrected chi connectivity index (χ1v) is 9.28. The Morgan fingerprint density at radius 3 is 2.43 bits per heavy atom. The van der Waals surface area contributed by atoms with E-state index in [0.29, 0.717) is 6.54 Å². The fourth-order valence-corrected chi connectivity index (χ4v) is 3.29. The molecule has 146 valence electrons. The summed E-state index contributed by atoms with van der Waals surface area (Å²) < 4.78 is 5.07. The van der Waals surface area contributed by atoms with Crippen LogP contribution >= 0.6 is 0 Å². The minimum atomic E-state index is -0.616. The number of hydrogen-bond donors (Lipinski definition) is 0. The number of carbonyl (C=O) groups is 4. The molecule has 1 aliphatic rings. The Morgan fingerprint density at radius 1 is 1.04 bits per heavy atom. The highest BCUT2D eigenvalue weighted by atomic mass is 16.5. The smallest absolute Gasteiger partial charge is 0.308 e. The monoisotopic (exact) mass is 382 g/mol. The maximum Gasteiger partial charge on any atom is 0.308 e. The largest absolute Gasteiger partial charge is 0.455 e. The van der Waals surface area contributed by atoms with Crippen molar-refractivity contribution in [1.82, 2.24) is 4.90 Å². The molecule has 1 aliphatic heterocycles. The predicted molar refractivity (Wildman–Crippen MR) is 104 cm³/mol. The summed E-state index contributed by atoms with van der Waals surface area (Å²) in [5.74, 6) is -1.50. The summed E-state index contributed by atoms with van der Waals surface area (Å²) in [6, 6.07) is 13.5. The highest BCUT2D eigenvalue weighted by molar-refractivity contribution is 6.04. The van der Waals surface area contributed by atoms with E-state index >= 15 is 0 Å². The standard InChI is InChI=1S/C21H22N2O5/c1-2-22(17-9-5-7-15-6-3-4-8-16(15)17)20(26)14-28-21(27)12-13-23-18(24)10-11-19(23)25/h3-9H,2,10-14H2,1H3. The van der Waals surface area contributed by atoms with Crippen molar-refractivity contribution < 1.29 is 23.9 Å². The molecule has 28 heavy (non-hydrogen) atoms. The van der Waals surface area contributed by atoms with Crippen LogP contribution in [0.1, 0.15) is 26.2 Å².